The molecule has 1 atom stereocenters. The second-order valence-corrected chi connectivity index (χ2v) is 10.6. The Labute approximate surface area is 236 Å². The number of carbonyl (C=O) groups excluding carboxylic acids is 3. The molecular formula is C30H32F2N2O7. The van der Waals surface area contributed by atoms with E-state index in [4.69, 9.17) is 18.9 Å². The lowest BCUT2D eigenvalue weighted by Crippen LogP contribution is -2.43. The molecule has 41 heavy (non-hydrogen) atoms. The number of ether oxygens (including phenoxy) is 4. The summed E-state index contributed by atoms with van der Waals surface area (Å²) in [6.07, 6.45) is 2.45. The SMILES string of the molecule is COC(=O)c1c(-c2ccc(Oc3c(F)cccc3F)cc2)cn([C@@H]2CCCN(C(=O)OC(C)(C)C)C2)c1C(=O)OC. The van der Waals surface area contributed by atoms with Crippen LogP contribution in [-0.4, -0.2) is 60.4 Å². The number of carbonyl (C=O) groups is 3. The topological polar surface area (TPSA) is 96.3 Å². The molecule has 0 saturated carbocycles. The minimum absolute atomic E-state index is 0.0115. The quantitative estimate of drug-likeness (QED) is 0.251. The van der Waals surface area contributed by atoms with Crippen molar-refractivity contribution in [3.63, 3.8) is 0 Å². The van der Waals surface area contributed by atoms with Crippen molar-refractivity contribution < 1.29 is 42.1 Å². The van der Waals surface area contributed by atoms with E-state index in [0.717, 1.165) is 12.1 Å². The summed E-state index contributed by atoms with van der Waals surface area (Å²) in [4.78, 5) is 40.4. The number of nitrogens with zero attached hydrogens (tertiary/aromatic N) is 2. The average molecular weight is 571 g/mol. The van der Waals surface area contributed by atoms with Crippen LogP contribution in [0.2, 0.25) is 0 Å². The molecule has 2 aromatic carbocycles. The molecule has 0 radical (unpaired) electrons. The van der Waals surface area contributed by atoms with Crippen LogP contribution in [0.3, 0.4) is 0 Å². The molecular weight excluding hydrogens is 538 g/mol. The van der Waals surface area contributed by atoms with Crippen LogP contribution in [0, 0.1) is 11.6 Å². The van der Waals surface area contributed by atoms with E-state index in [0.29, 0.717) is 30.5 Å². The Kier molecular flexibility index (Phi) is 8.65. The molecule has 4 rings (SSSR count). The number of aromatic nitrogens is 1. The fourth-order valence-corrected chi connectivity index (χ4v) is 4.72. The molecule has 1 aromatic heterocycles. The van der Waals surface area contributed by atoms with E-state index in [2.05, 4.69) is 0 Å². The standard InChI is InChI=1S/C30H32F2N2O7/c1-30(2,3)41-29(37)33-15-7-8-19(16-33)34-17-21(24(27(35)38-4)25(34)28(36)39-5)18-11-13-20(14-12-18)40-26-22(31)9-6-10-23(26)32/h6,9-14,17,19H,7-8,15-16H2,1-5H3/t19-/m1/s1. The zero-order valence-corrected chi connectivity index (χ0v) is 23.5. The molecule has 1 aliphatic heterocycles. The van der Waals surface area contributed by atoms with E-state index in [9.17, 15) is 23.2 Å². The number of esters is 2. The zero-order chi connectivity index (χ0) is 29.9. The van der Waals surface area contributed by atoms with Crippen LogP contribution in [0.1, 0.15) is 60.5 Å². The van der Waals surface area contributed by atoms with Gasteiger partial charge in [0.1, 0.15) is 22.6 Å². The summed E-state index contributed by atoms with van der Waals surface area (Å²) in [5, 5.41) is 0. The van der Waals surface area contributed by atoms with Gasteiger partial charge in [-0.15, -0.1) is 0 Å². The molecule has 0 spiro atoms. The Hall–Kier alpha value is -4.41. The number of likely N-dealkylation sites (tertiary alicyclic amines) is 1. The van der Waals surface area contributed by atoms with Gasteiger partial charge in [0, 0.05) is 24.8 Å². The number of halogens is 2. The first-order valence-electron chi connectivity index (χ1n) is 13.0. The maximum Gasteiger partial charge on any atom is 0.410 e. The smallest absolute Gasteiger partial charge is 0.410 e. The first-order valence-corrected chi connectivity index (χ1v) is 13.0. The third kappa shape index (κ3) is 6.50. The summed E-state index contributed by atoms with van der Waals surface area (Å²) in [5.41, 5.74) is 0.181. The number of hydrogen-bond acceptors (Lipinski definition) is 7. The molecule has 1 amide bonds. The Morgan fingerprint density at radius 1 is 0.927 bits per heavy atom. The highest BCUT2D eigenvalue weighted by molar-refractivity contribution is 6.07. The average Bonchev–Trinajstić information content (AvgIpc) is 3.34. The second kappa shape index (κ2) is 12.0. The van der Waals surface area contributed by atoms with Gasteiger partial charge in [0.15, 0.2) is 17.4 Å². The van der Waals surface area contributed by atoms with Crippen molar-refractivity contribution in [2.75, 3.05) is 27.3 Å². The van der Waals surface area contributed by atoms with Gasteiger partial charge in [-0.1, -0.05) is 18.2 Å². The van der Waals surface area contributed by atoms with E-state index in [1.807, 2.05) is 0 Å². The van der Waals surface area contributed by atoms with Gasteiger partial charge in [0.2, 0.25) is 0 Å². The van der Waals surface area contributed by atoms with Gasteiger partial charge < -0.3 is 28.4 Å². The number of methoxy groups -OCH3 is 2. The maximum absolute atomic E-state index is 14.1. The molecule has 0 aliphatic carbocycles. The van der Waals surface area contributed by atoms with Crippen molar-refractivity contribution in [1.82, 2.24) is 9.47 Å². The molecule has 1 aliphatic rings. The highest BCUT2D eigenvalue weighted by atomic mass is 19.1. The molecule has 218 valence electrons. The van der Waals surface area contributed by atoms with E-state index in [-0.39, 0.29) is 29.6 Å². The van der Waals surface area contributed by atoms with E-state index >= 15 is 0 Å². The Bertz CT molecular complexity index is 1420. The summed E-state index contributed by atoms with van der Waals surface area (Å²) in [6, 6.07) is 9.20. The minimum atomic E-state index is -0.852. The summed E-state index contributed by atoms with van der Waals surface area (Å²) in [7, 11) is 2.41. The van der Waals surface area contributed by atoms with E-state index in [1.54, 1.807) is 48.6 Å². The number of rotatable bonds is 6. The largest absolute Gasteiger partial charge is 0.465 e. The number of para-hydroxylation sites is 1. The molecule has 11 heteroatoms. The normalized spacial score (nSPS) is 15.3. The van der Waals surface area contributed by atoms with Crippen LogP contribution < -0.4 is 4.74 Å². The van der Waals surface area contributed by atoms with Crippen molar-refractivity contribution in [2.24, 2.45) is 0 Å². The van der Waals surface area contributed by atoms with Gasteiger partial charge in [-0.3, -0.25) is 0 Å². The highest BCUT2D eigenvalue weighted by Gasteiger charge is 2.35. The predicted molar refractivity (Wildman–Crippen MR) is 145 cm³/mol. The van der Waals surface area contributed by atoms with Crippen LogP contribution in [0.5, 0.6) is 11.5 Å². The van der Waals surface area contributed by atoms with Crippen LogP contribution in [0.25, 0.3) is 11.1 Å². The monoisotopic (exact) mass is 570 g/mol. The summed E-state index contributed by atoms with van der Waals surface area (Å²) >= 11 is 0. The van der Waals surface area contributed by atoms with Crippen LogP contribution >= 0.6 is 0 Å². The first-order chi connectivity index (χ1) is 19.4. The molecule has 3 aromatic rings. The van der Waals surface area contributed by atoms with E-state index < -0.39 is 41.0 Å². The molecule has 1 fully saturated rings. The van der Waals surface area contributed by atoms with Crippen LogP contribution in [-0.2, 0) is 14.2 Å². The summed E-state index contributed by atoms with van der Waals surface area (Å²) < 4.78 is 50.8. The van der Waals surface area contributed by atoms with Crippen molar-refractivity contribution in [1.29, 1.82) is 0 Å². The fraction of sp³-hybridized carbons (Fsp3) is 0.367. The molecule has 0 unspecified atom stereocenters. The van der Waals surface area contributed by atoms with Crippen molar-refractivity contribution in [2.45, 2.75) is 45.3 Å². The molecule has 9 nitrogen and oxygen atoms in total. The van der Waals surface area contributed by atoms with Crippen LogP contribution in [0.15, 0.2) is 48.7 Å². The van der Waals surface area contributed by atoms with Gasteiger partial charge in [0.05, 0.1) is 20.3 Å². The molecule has 0 N–H and O–H groups in total. The third-order valence-corrected chi connectivity index (χ3v) is 6.55. The fourth-order valence-electron chi connectivity index (χ4n) is 4.72. The van der Waals surface area contributed by atoms with Gasteiger partial charge in [0.25, 0.3) is 0 Å². The molecule has 1 saturated heterocycles. The van der Waals surface area contributed by atoms with E-state index in [1.165, 1.54) is 32.4 Å². The zero-order valence-electron chi connectivity index (χ0n) is 23.5. The van der Waals surface area contributed by atoms with Gasteiger partial charge in [-0.05, 0) is 63.4 Å². The Morgan fingerprint density at radius 2 is 1.56 bits per heavy atom. The highest BCUT2D eigenvalue weighted by Crippen LogP contribution is 2.36. The summed E-state index contributed by atoms with van der Waals surface area (Å²) in [5.74, 6) is -3.59. The predicted octanol–water partition coefficient (Wildman–Crippen LogP) is 6.37. The van der Waals surface area contributed by atoms with Crippen molar-refractivity contribution in [3.8, 4) is 22.6 Å². The minimum Gasteiger partial charge on any atom is -0.465 e. The third-order valence-electron chi connectivity index (χ3n) is 6.55. The lowest BCUT2D eigenvalue weighted by Gasteiger charge is -2.35. The number of benzene rings is 2. The number of hydrogen-bond donors (Lipinski definition) is 0. The Balaban J connectivity index is 1.73. The Morgan fingerprint density at radius 3 is 2.15 bits per heavy atom. The number of amides is 1. The maximum atomic E-state index is 14.1. The first kappa shape index (κ1) is 29.6. The van der Waals surface area contributed by atoms with Gasteiger partial charge >= 0.3 is 18.0 Å². The summed E-state index contributed by atoms with van der Waals surface area (Å²) in [6.45, 7) is 6.08. The second-order valence-electron chi connectivity index (χ2n) is 10.6. The molecule has 2 heterocycles. The van der Waals surface area contributed by atoms with Crippen LogP contribution in [0.4, 0.5) is 13.6 Å². The molecule has 0 bridgehead atoms. The lowest BCUT2D eigenvalue weighted by molar-refractivity contribution is 0.0170. The number of piperidine rings is 1. The van der Waals surface area contributed by atoms with Gasteiger partial charge in [-0.2, -0.15) is 0 Å². The lowest BCUT2D eigenvalue weighted by atomic mass is 10.0. The van der Waals surface area contributed by atoms with Crippen molar-refractivity contribution >= 4 is 18.0 Å². The van der Waals surface area contributed by atoms with Gasteiger partial charge in [-0.25, -0.2) is 23.2 Å². The van der Waals surface area contributed by atoms with Crippen molar-refractivity contribution in [3.05, 3.63) is 71.6 Å².